The van der Waals surface area contributed by atoms with Gasteiger partial charge in [-0.3, -0.25) is 0 Å². The van der Waals surface area contributed by atoms with E-state index < -0.39 is 16.1 Å². The SMILES string of the molecule is CCC(CO)NS(=O)(=O)Cc1cccc(C#N)c1. The Balaban J connectivity index is 2.79. The summed E-state index contributed by atoms with van der Waals surface area (Å²) in [6.45, 7) is 1.56. The van der Waals surface area contributed by atoms with Gasteiger partial charge in [-0.1, -0.05) is 19.1 Å². The summed E-state index contributed by atoms with van der Waals surface area (Å²) in [7, 11) is -3.50. The molecule has 1 rings (SSSR count). The van der Waals surface area contributed by atoms with Crippen molar-refractivity contribution in [3.05, 3.63) is 35.4 Å². The minimum Gasteiger partial charge on any atom is -0.395 e. The summed E-state index contributed by atoms with van der Waals surface area (Å²) in [6, 6.07) is 7.95. The van der Waals surface area contributed by atoms with Crippen molar-refractivity contribution in [2.45, 2.75) is 25.1 Å². The van der Waals surface area contributed by atoms with Crippen molar-refractivity contribution < 1.29 is 13.5 Å². The van der Waals surface area contributed by atoms with Gasteiger partial charge in [-0.2, -0.15) is 5.26 Å². The second-order valence-electron chi connectivity index (χ2n) is 3.98. The van der Waals surface area contributed by atoms with Gasteiger partial charge in [-0.15, -0.1) is 0 Å². The molecular weight excluding hydrogens is 252 g/mol. The fourth-order valence-electron chi connectivity index (χ4n) is 1.50. The van der Waals surface area contributed by atoms with E-state index in [4.69, 9.17) is 10.4 Å². The zero-order valence-corrected chi connectivity index (χ0v) is 10.9. The average molecular weight is 268 g/mol. The molecule has 1 atom stereocenters. The lowest BCUT2D eigenvalue weighted by atomic mass is 10.2. The molecule has 6 heteroatoms. The lowest BCUT2D eigenvalue weighted by Crippen LogP contribution is -2.37. The van der Waals surface area contributed by atoms with Crippen LogP contribution in [0.2, 0.25) is 0 Å². The van der Waals surface area contributed by atoms with E-state index in [1.807, 2.05) is 6.07 Å². The molecule has 0 spiro atoms. The largest absolute Gasteiger partial charge is 0.395 e. The molecule has 0 saturated carbocycles. The molecule has 1 aromatic carbocycles. The monoisotopic (exact) mass is 268 g/mol. The van der Waals surface area contributed by atoms with Gasteiger partial charge in [-0.25, -0.2) is 13.1 Å². The van der Waals surface area contributed by atoms with E-state index >= 15 is 0 Å². The van der Waals surface area contributed by atoms with Crippen LogP contribution < -0.4 is 4.72 Å². The van der Waals surface area contributed by atoms with Gasteiger partial charge in [0, 0.05) is 6.04 Å². The van der Waals surface area contributed by atoms with Crippen LogP contribution in [0.15, 0.2) is 24.3 Å². The van der Waals surface area contributed by atoms with Crippen LogP contribution in [0.4, 0.5) is 0 Å². The Kier molecular flexibility index (Phi) is 5.28. The van der Waals surface area contributed by atoms with E-state index in [1.165, 1.54) is 0 Å². The Morgan fingerprint density at radius 3 is 2.78 bits per heavy atom. The van der Waals surface area contributed by atoms with Crippen molar-refractivity contribution in [2.24, 2.45) is 0 Å². The second kappa shape index (κ2) is 6.50. The van der Waals surface area contributed by atoms with Gasteiger partial charge in [0.1, 0.15) is 0 Å². The minimum atomic E-state index is -3.50. The summed E-state index contributed by atoms with van der Waals surface area (Å²) in [5.74, 6) is -0.195. The Morgan fingerprint density at radius 1 is 1.50 bits per heavy atom. The maximum absolute atomic E-state index is 11.8. The van der Waals surface area contributed by atoms with Crippen molar-refractivity contribution in [1.29, 1.82) is 5.26 Å². The molecule has 0 aliphatic rings. The normalized spacial score (nSPS) is 12.9. The molecule has 0 saturated heterocycles. The number of hydrogen-bond donors (Lipinski definition) is 2. The molecule has 0 aliphatic heterocycles. The molecule has 0 aliphatic carbocycles. The van der Waals surface area contributed by atoms with Gasteiger partial charge in [0.15, 0.2) is 0 Å². The summed E-state index contributed by atoms with van der Waals surface area (Å²) in [4.78, 5) is 0. The predicted octanol–water partition coefficient (Wildman–Crippen LogP) is 0.749. The van der Waals surface area contributed by atoms with Crippen LogP contribution in [-0.2, 0) is 15.8 Å². The van der Waals surface area contributed by atoms with Crippen LogP contribution >= 0.6 is 0 Å². The van der Waals surface area contributed by atoms with Crippen LogP contribution in [0.5, 0.6) is 0 Å². The summed E-state index contributed by atoms with van der Waals surface area (Å²) in [5, 5.41) is 17.7. The van der Waals surface area contributed by atoms with Crippen LogP contribution in [0, 0.1) is 11.3 Å². The minimum absolute atomic E-state index is 0.195. The third kappa shape index (κ3) is 4.45. The molecule has 1 aromatic rings. The zero-order chi connectivity index (χ0) is 13.6. The first-order valence-electron chi connectivity index (χ1n) is 5.60. The highest BCUT2D eigenvalue weighted by Crippen LogP contribution is 2.08. The summed E-state index contributed by atoms with van der Waals surface area (Å²) >= 11 is 0. The number of nitrogens with one attached hydrogen (secondary N) is 1. The number of hydrogen-bond acceptors (Lipinski definition) is 4. The molecule has 0 heterocycles. The highest BCUT2D eigenvalue weighted by molar-refractivity contribution is 7.88. The molecule has 2 N–H and O–H groups in total. The standard InChI is InChI=1S/C12H16N2O3S/c1-2-12(8-15)14-18(16,17)9-11-5-3-4-10(6-11)7-13/h3-6,12,14-15H,2,8-9H2,1H3. The maximum atomic E-state index is 11.8. The first kappa shape index (κ1) is 14.6. The van der Waals surface area contributed by atoms with Crippen molar-refractivity contribution >= 4 is 10.0 Å². The summed E-state index contributed by atoms with van der Waals surface area (Å²) < 4.78 is 26.1. The lowest BCUT2D eigenvalue weighted by Gasteiger charge is -2.14. The van der Waals surface area contributed by atoms with Crippen LogP contribution in [0.3, 0.4) is 0 Å². The maximum Gasteiger partial charge on any atom is 0.216 e. The molecule has 0 fully saturated rings. The number of nitrogens with zero attached hydrogens (tertiary/aromatic N) is 1. The molecule has 1 unspecified atom stereocenters. The first-order valence-corrected chi connectivity index (χ1v) is 7.26. The second-order valence-corrected chi connectivity index (χ2v) is 5.73. The number of aliphatic hydroxyl groups is 1. The Bertz CT molecular complexity index is 530. The Labute approximate surface area is 107 Å². The molecule has 0 amide bonds. The van der Waals surface area contributed by atoms with E-state index in [0.717, 1.165) is 0 Å². The predicted molar refractivity (Wildman–Crippen MR) is 68.1 cm³/mol. The fraction of sp³-hybridized carbons (Fsp3) is 0.417. The van der Waals surface area contributed by atoms with Crippen molar-refractivity contribution in [2.75, 3.05) is 6.61 Å². The van der Waals surface area contributed by atoms with Gasteiger partial charge in [-0.05, 0) is 24.1 Å². The van der Waals surface area contributed by atoms with Crippen LogP contribution in [0.1, 0.15) is 24.5 Å². The number of aliphatic hydroxyl groups excluding tert-OH is 1. The van der Waals surface area contributed by atoms with Crippen molar-refractivity contribution in [3.63, 3.8) is 0 Å². The number of nitriles is 1. The highest BCUT2D eigenvalue weighted by Gasteiger charge is 2.16. The third-order valence-electron chi connectivity index (χ3n) is 2.47. The number of benzene rings is 1. The third-order valence-corrected chi connectivity index (χ3v) is 3.88. The van der Waals surface area contributed by atoms with Crippen molar-refractivity contribution in [3.8, 4) is 6.07 Å². The summed E-state index contributed by atoms with van der Waals surface area (Å²) in [5.41, 5.74) is 0.978. The fourth-order valence-corrected chi connectivity index (χ4v) is 2.95. The van der Waals surface area contributed by atoms with Crippen LogP contribution in [-0.4, -0.2) is 26.2 Å². The van der Waals surface area contributed by atoms with E-state index in [1.54, 1.807) is 31.2 Å². The molecular formula is C12H16N2O3S. The lowest BCUT2D eigenvalue weighted by molar-refractivity contribution is 0.254. The first-order chi connectivity index (χ1) is 8.50. The van der Waals surface area contributed by atoms with E-state index in [0.29, 0.717) is 17.5 Å². The highest BCUT2D eigenvalue weighted by atomic mass is 32.2. The van der Waals surface area contributed by atoms with Crippen molar-refractivity contribution in [1.82, 2.24) is 4.72 Å². The molecule has 0 radical (unpaired) electrons. The molecule has 18 heavy (non-hydrogen) atoms. The smallest absolute Gasteiger partial charge is 0.216 e. The van der Waals surface area contributed by atoms with Gasteiger partial charge >= 0.3 is 0 Å². The Morgan fingerprint density at radius 2 is 2.22 bits per heavy atom. The molecule has 98 valence electrons. The molecule has 0 bridgehead atoms. The van der Waals surface area contributed by atoms with Gasteiger partial charge < -0.3 is 5.11 Å². The summed E-state index contributed by atoms with van der Waals surface area (Å²) in [6.07, 6.45) is 0.522. The van der Waals surface area contributed by atoms with E-state index in [9.17, 15) is 8.42 Å². The molecule has 0 aromatic heterocycles. The number of sulfonamides is 1. The zero-order valence-electron chi connectivity index (χ0n) is 10.1. The van der Waals surface area contributed by atoms with Crippen LogP contribution in [0.25, 0.3) is 0 Å². The topological polar surface area (TPSA) is 90.2 Å². The van der Waals surface area contributed by atoms with E-state index in [2.05, 4.69) is 4.72 Å². The van der Waals surface area contributed by atoms with Gasteiger partial charge in [0.2, 0.25) is 10.0 Å². The average Bonchev–Trinajstić information content (AvgIpc) is 2.35. The Hall–Kier alpha value is -1.42. The quantitative estimate of drug-likeness (QED) is 0.796. The van der Waals surface area contributed by atoms with Gasteiger partial charge in [0.05, 0.1) is 24.0 Å². The number of rotatable bonds is 6. The van der Waals surface area contributed by atoms with Gasteiger partial charge in [0.25, 0.3) is 0 Å². The molecule has 5 nitrogen and oxygen atoms in total. The van der Waals surface area contributed by atoms with E-state index in [-0.39, 0.29) is 12.4 Å².